The molecule has 1 aromatic carbocycles. The third-order valence-electron chi connectivity index (χ3n) is 3.37. The second-order valence-corrected chi connectivity index (χ2v) is 4.65. The number of hydrogen-bond donors (Lipinski definition) is 2. The molecular formula is C14H19N3O. The highest BCUT2D eigenvalue weighted by atomic mass is 16.2. The number of nitrogens with one attached hydrogen (secondary N) is 1. The van der Waals surface area contributed by atoms with Crippen molar-refractivity contribution in [3.05, 3.63) is 35.0 Å². The van der Waals surface area contributed by atoms with Crippen LogP contribution in [-0.2, 0) is 0 Å². The highest BCUT2D eigenvalue weighted by molar-refractivity contribution is 5.98. The third-order valence-corrected chi connectivity index (χ3v) is 3.37. The number of aryl methyl sites for hydroxylation is 2. The highest BCUT2D eigenvalue weighted by Crippen LogP contribution is 2.22. The number of H-pyrrole nitrogens is 1. The van der Waals surface area contributed by atoms with Crippen LogP contribution in [0.15, 0.2) is 18.2 Å². The van der Waals surface area contributed by atoms with E-state index in [4.69, 9.17) is 5.73 Å². The van der Waals surface area contributed by atoms with Crippen molar-refractivity contribution in [1.82, 2.24) is 9.88 Å². The first kappa shape index (κ1) is 12.6. The van der Waals surface area contributed by atoms with Crippen LogP contribution in [0.3, 0.4) is 0 Å². The first-order chi connectivity index (χ1) is 8.54. The quantitative estimate of drug-likeness (QED) is 0.866. The van der Waals surface area contributed by atoms with Crippen molar-refractivity contribution in [1.29, 1.82) is 0 Å². The Hall–Kier alpha value is -1.81. The fraction of sp³-hybridized carbons (Fsp3) is 0.357. The summed E-state index contributed by atoms with van der Waals surface area (Å²) in [5, 5.41) is 1.11. The molecule has 1 aromatic heterocycles. The van der Waals surface area contributed by atoms with Gasteiger partial charge >= 0.3 is 0 Å². The number of likely N-dealkylation sites (N-methyl/N-ethyl adjacent to an activating group) is 1. The zero-order valence-electron chi connectivity index (χ0n) is 11.1. The van der Waals surface area contributed by atoms with Gasteiger partial charge in [-0.1, -0.05) is 0 Å². The molecule has 0 fully saturated rings. The Kier molecular flexibility index (Phi) is 3.39. The van der Waals surface area contributed by atoms with Gasteiger partial charge in [0.1, 0.15) is 0 Å². The molecule has 0 aliphatic heterocycles. The van der Waals surface area contributed by atoms with Crippen LogP contribution in [0.1, 0.15) is 21.6 Å². The molecular weight excluding hydrogens is 226 g/mol. The second-order valence-electron chi connectivity index (χ2n) is 4.65. The van der Waals surface area contributed by atoms with Crippen LogP contribution in [-0.4, -0.2) is 35.9 Å². The van der Waals surface area contributed by atoms with E-state index in [0.717, 1.165) is 16.6 Å². The number of amides is 1. The smallest absolute Gasteiger partial charge is 0.253 e. The molecule has 0 saturated carbocycles. The Morgan fingerprint density at radius 3 is 2.78 bits per heavy atom. The van der Waals surface area contributed by atoms with Crippen LogP contribution in [0.5, 0.6) is 0 Å². The fourth-order valence-electron chi connectivity index (χ4n) is 2.11. The summed E-state index contributed by atoms with van der Waals surface area (Å²) in [6.45, 7) is 5.15. The van der Waals surface area contributed by atoms with Gasteiger partial charge in [-0.3, -0.25) is 4.79 Å². The standard InChI is InChI=1S/C14H19N3O/c1-9-10(2)16-13-5-4-11(8-12(9)13)14(18)17(3)7-6-15/h4-5,8,16H,6-7,15H2,1-3H3. The minimum absolute atomic E-state index is 0.0144. The summed E-state index contributed by atoms with van der Waals surface area (Å²) in [5.41, 5.74) is 9.58. The Morgan fingerprint density at radius 2 is 2.11 bits per heavy atom. The lowest BCUT2D eigenvalue weighted by Crippen LogP contribution is -2.31. The van der Waals surface area contributed by atoms with Crippen LogP contribution in [0.25, 0.3) is 10.9 Å². The number of nitrogens with zero attached hydrogens (tertiary/aromatic N) is 1. The van der Waals surface area contributed by atoms with E-state index in [0.29, 0.717) is 18.7 Å². The molecule has 0 spiro atoms. The van der Waals surface area contributed by atoms with Crippen LogP contribution >= 0.6 is 0 Å². The lowest BCUT2D eigenvalue weighted by atomic mass is 10.1. The molecule has 0 aliphatic carbocycles. The average Bonchev–Trinajstić information content (AvgIpc) is 2.64. The minimum Gasteiger partial charge on any atom is -0.358 e. The summed E-state index contributed by atoms with van der Waals surface area (Å²) in [5.74, 6) is 0.0144. The van der Waals surface area contributed by atoms with Crippen molar-refractivity contribution in [3.63, 3.8) is 0 Å². The first-order valence-electron chi connectivity index (χ1n) is 6.09. The summed E-state index contributed by atoms with van der Waals surface area (Å²) >= 11 is 0. The molecule has 3 N–H and O–H groups in total. The van der Waals surface area contributed by atoms with Crippen molar-refractivity contribution in [3.8, 4) is 0 Å². The number of rotatable bonds is 3. The molecule has 0 atom stereocenters. The van der Waals surface area contributed by atoms with Gasteiger partial charge in [-0.15, -0.1) is 0 Å². The van der Waals surface area contributed by atoms with Crippen molar-refractivity contribution in [2.75, 3.05) is 20.1 Å². The maximum absolute atomic E-state index is 12.2. The molecule has 0 unspecified atom stereocenters. The van der Waals surface area contributed by atoms with Gasteiger partial charge in [-0.2, -0.15) is 0 Å². The Morgan fingerprint density at radius 1 is 1.39 bits per heavy atom. The van der Waals surface area contributed by atoms with E-state index in [-0.39, 0.29) is 5.91 Å². The van der Waals surface area contributed by atoms with Gasteiger partial charge in [-0.25, -0.2) is 0 Å². The number of fused-ring (bicyclic) bond motifs is 1. The Balaban J connectivity index is 2.40. The molecule has 0 bridgehead atoms. The first-order valence-corrected chi connectivity index (χ1v) is 6.09. The topological polar surface area (TPSA) is 62.1 Å². The van der Waals surface area contributed by atoms with E-state index < -0.39 is 0 Å². The molecule has 0 aliphatic rings. The van der Waals surface area contributed by atoms with Crippen molar-refractivity contribution < 1.29 is 4.79 Å². The molecule has 4 nitrogen and oxygen atoms in total. The Labute approximate surface area is 107 Å². The van der Waals surface area contributed by atoms with Crippen LogP contribution in [0.4, 0.5) is 0 Å². The average molecular weight is 245 g/mol. The zero-order valence-corrected chi connectivity index (χ0v) is 11.1. The van der Waals surface area contributed by atoms with Crippen molar-refractivity contribution >= 4 is 16.8 Å². The van der Waals surface area contributed by atoms with E-state index in [1.807, 2.05) is 25.1 Å². The van der Waals surface area contributed by atoms with E-state index in [2.05, 4.69) is 11.9 Å². The highest BCUT2D eigenvalue weighted by Gasteiger charge is 2.13. The van der Waals surface area contributed by atoms with Crippen LogP contribution < -0.4 is 5.73 Å². The van der Waals surface area contributed by atoms with Gasteiger partial charge in [0.15, 0.2) is 0 Å². The number of benzene rings is 1. The van der Waals surface area contributed by atoms with E-state index in [9.17, 15) is 4.79 Å². The maximum atomic E-state index is 12.2. The van der Waals surface area contributed by atoms with Gasteiger partial charge in [0, 0.05) is 42.3 Å². The van der Waals surface area contributed by atoms with Crippen LogP contribution in [0.2, 0.25) is 0 Å². The van der Waals surface area contributed by atoms with Gasteiger partial charge in [0.05, 0.1) is 0 Å². The van der Waals surface area contributed by atoms with Crippen LogP contribution in [0, 0.1) is 13.8 Å². The second kappa shape index (κ2) is 4.82. The molecule has 18 heavy (non-hydrogen) atoms. The summed E-state index contributed by atoms with van der Waals surface area (Å²) in [6.07, 6.45) is 0. The normalized spacial score (nSPS) is 10.9. The molecule has 2 aromatic rings. The molecule has 0 radical (unpaired) electrons. The summed E-state index contributed by atoms with van der Waals surface area (Å²) in [6, 6.07) is 5.76. The summed E-state index contributed by atoms with van der Waals surface area (Å²) in [7, 11) is 1.77. The Bertz CT molecular complexity index is 586. The zero-order chi connectivity index (χ0) is 13.3. The maximum Gasteiger partial charge on any atom is 0.253 e. The fourth-order valence-corrected chi connectivity index (χ4v) is 2.11. The lowest BCUT2D eigenvalue weighted by Gasteiger charge is -2.15. The van der Waals surface area contributed by atoms with Gasteiger partial charge in [0.25, 0.3) is 5.91 Å². The lowest BCUT2D eigenvalue weighted by molar-refractivity contribution is 0.0799. The molecule has 96 valence electrons. The molecule has 4 heteroatoms. The third kappa shape index (κ3) is 2.11. The monoisotopic (exact) mass is 245 g/mol. The number of aromatic amines is 1. The van der Waals surface area contributed by atoms with E-state index in [1.165, 1.54) is 5.56 Å². The van der Waals surface area contributed by atoms with Gasteiger partial charge < -0.3 is 15.6 Å². The number of nitrogens with two attached hydrogens (primary N) is 1. The summed E-state index contributed by atoms with van der Waals surface area (Å²) in [4.78, 5) is 17.1. The number of carbonyl (C=O) groups excluding carboxylic acids is 1. The van der Waals surface area contributed by atoms with Crippen molar-refractivity contribution in [2.45, 2.75) is 13.8 Å². The molecule has 1 heterocycles. The molecule has 1 amide bonds. The number of carbonyl (C=O) groups is 1. The van der Waals surface area contributed by atoms with Crippen molar-refractivity contribution in [2.24, 2.45) is 5.73 Å². The largest absolute Gasteiger partial charge is 0.358 e. The van der Waals surface area contributed by atoms with Gasteiger partial charge in [0.2, 0.25) is 0 Å². The number of aromatic nitrogens is 1. The summed E-state index contributed by atoms with van der Waals surface area (Å²) < 4.78 is 0. The predicted octanol–water partition coefficient (Wildman–Crippen LogP) is 1.82. The molecule has 2 rings (SSSR count). The SMILES string of the molecule is Cc1[nH]c2ccc(C(=O)N(C)CCN)cc2c1C. The molecule has 0 saturated heterocycles. The minimum atomic E-state index is 0.0144. The number of hydrogen-bond acceptors (Lipinski definition) is 2. The van der Waals surface area contributed by atoms with E-state index >= 15 is 0 Å². The van der Waals surface area contributed by atoms with Gasteiger partial charge in [-0.05, 0) is 37.6 Å². The van der Waals surface area contributed by atoms with E-state index in [1.54, 1.807) is 11.9 Å². The predicted molar refractivity (Wildman–Crippen MR) is 73.8 cm³/mol.